The van der Waals surface area contributed by atoms with Crippen LogP contribution in [0.2, 0.25) is 0 Å². The fraction of sp³-hybridized carbons (Fsp3) is 0.240. The van der Waals surface area contributed by atoms with Gasteiger partial charge in [-0.25, -0.2) is 14.8 Å². The van der Waals surface area contributed by atoms with Crippen molar-refractivity contribution >= 4 is 22.7 Å². The number of fused-ring (bicyclic) bond motifs is 1. The van der Waals surface area contributed by atoms with Crippen molar-refractivity contribution in [3.8, 4) is 11.5 Å². The number of hydrogen-bond donors (Lipinski definition) is 0. The summed E-state index contributed by atoms with van der Waals surface area (Å²) in [6.07, 6.45) is 2.20. The number of anilines is 1. The van der Waals surface area contributed by atoms with E-state index in [9.17, 15) is 4.79 Å². The first kappa shape index (κ1) is 19.3. The summed E-state index contributed by atoms with van der Waals surface area (Å²) < 4.78 is 11.4. The number of benzene rings is 2. The molecule has 0 amide bonds. The summed E-state index contributed by atoms with van der Waals surface area (Å²) >= 11 is 0. The van der Waals surface area contributed by atoms with Crippen LogP contribution >= 0.6 is 0 Å². The molecule has 1 aliphatic rings. The van der Waals surface area contributed by atoms with Crippen LogP contribution in [0.25, 0.3) is 22.4 Å². The molecule has 0 radical (unpaired) electrons. The molecule has 2 aromatic carbocycles. The molecule has 6 nitrogen and oxygen atoms in total. The number of ether oxygens (including phenoxy) is 1. The maximum Gasteiger partial charge on any atom is 0.342 e. The standard InChI is InChI=1S/C25H23N3O3/c1-17-22(27-24(31-17)18-9-3-2-4-10-18)16-30-25(29)20-15-19-11-5-6-12-21(19)26-23(20)28-13-7-8-14-28/h2-6,9-12,15H,7-8,13-14,16H2,1H3. The molecule has 6 heteroatoms. The highest BCUT2D eigenvalue weighted by molar-refractivity contribution is 5.99. The number of hydrogen-bond acceptors (Lipinski definition) is 6. The van der Waals surface area contributed by atoms with Crippen LogP contribution < -0.4 is 4.90 Å². The van der Waals surface area contributed by atoms with E-state index in [4.69, 9.17) is 14.1 Å². The highest BCUT2D eigenvalue weighted by atomic mass is 16.5. The van der Waals surface area contributed by atoms with Gasteiger partial charge in [0.15, 0.2) is 0 Å². The number of para-hydroxylation sites is 1. The van der Waals surface area contributed by atoms with Gasteiger partial charge < -0.3 is 14.1 Å². The topological polar surface area (TPSA) is 68.5 Å². The fourth-order valence-electron chi connectivity index (χ4n) is 3.90. The zero-order valence-corrected chi connectivity index (χ0v) is 17.4. The Labute approximate surface area is 180 Å². The monoisotopic (exact) mass is 413 g/mol. The van der Waals surface area contributed by atoms with Crippen molar-refractivity contribution in [3.05, 3.63) is 77.7 Å². The Bertz CT molecular complexity index is 1230. The Morgan fingerprint density at radius 2 is 1.77 bits per heavy atom. The van der Waals surface area contributed by atoms with Gasteiger partial charge in [-0.15, -0.1) is 0 Å². The number of carbonyl (C=O) groups is 1. The highest BCUT2D eigenvalue weighted by Gasteiger charge is 2.23. The number of rotatable bonds is 5. The number of aromatic nitrogens is 2. The molecule has 156 valence electrons. The quantitative estimate of drug-likeness (QED) is 0.421. The molecular formula is C25H23N3O3. The molecule has 0 bridgehead atoms. The molecule has 5 rings (SSSR count). The molecule has 4 aromatic rings. The van der Waals surface area contributed by atoms with Crippen molar-refractivity contribution in [2.75, 3.05) is 18.0 Å². The lowest BCUT2D eigenvalue weighted by Crippen LogP contribution is -2.23. The van der Waals surface area contributed by atoms with Crippen LogP contribution in [-0.4, -0.2) is 29.0 Å². The van der Waals surface area contributed by atoms with Gasteiger partial charge in [-0.3, -0.25) is 0 Å². The molecule has 31 heavy (non-hydrogen) atoms. The lowest BCUT2D eigenvalue weighted by molar-refractivity contribution is 0.0467. The molecule has 0 aliphatic carbocycles. The first-order valence-corrected chi connectivity index (χ1v) is 10.5. The summed E-state index contributed by atoms with van der Waals surface area (Å²) in [5.41, 5.74) is 2.87. The van der Waals surface area contributed by atoms with Gasteiger partial charge in [0.2, 0.25) is 5.89 Å². The first-order chi connectivity index (χ1) is 15.2. The van der Waals surface area contributed by atoms with E-state index in [2.05, 4.69) is 9.88 Å². The number of esters is 1. The third-order valence-electron chi connectivity index (χ3n) is 5.58. The van der Waals surface area contributed by atoms with Gasteiger partial charge >= 0.3 is 5.97 Å². The van der Waals surface area contributed by atoms with E-state index in [0.29, 0.717) is 28.7 Å². The van der Waals surface area contributed by atoms with E-state index in [1.807, 2.05) is 67.6 Å². The minimum absolute atomic E-state index is 0.0489. The average molecular weight is 413 g/mol. The minimum Gasteiger partial charge on any atom is -0.455 e. The van der Waals surface area contributed by atoms with Crippen LogP contribution in [0.4, 0.5) is 5.82 Å². The van der Waals surface area contributed by atoms with Gasteiger partial charge in [0.1, 0.15) is 29.4 Å². The van der Waals surface area contributed by atoms with Gasteiger partial charge in [0.05, 0.1) is 5.52 Å². The van der Waals surface area contributed by atoms with E-state index in [-0.39, 0.29) is 6.61 Å². The molecule has 0 spiro atoms. The SMILES string of the molecule is Cc1oc(-c2ccccc2)nc1COC(=O)c1cc2ccccc2nc1N1CCCC1. The predicted molar refractivity (Wildman–Crippen MR) is 119 cm³/mol. The summed E-state index contributed by atoms with van der Waals surface area (Å²) in [6, 6.07) is 19.4. The summed E-state index contributed by atoms with van der Waals surface area (Å²) in [4.78, 5) is 24.6. The second-order valence-corrected chi connectivity index (χ2v) is 7.71. The normalized spacial score (nSPS) is 13.6. The van der Waals surface area contributed by atoms with Crippen molar-refractivity contribution in [1.82, 2.24) is 9.97 Å². The lowest BCUT2D eigenvalue weighted by atomic mass is 10.1. The molecule has 0 saturated carbocycles. The van der Waals surface area contributed by atoms with Crippen LogP contribution in [0.3, 0.4) is 0 Å². The number of nitrogens with zero attached hydrogens (tertiary/aromatic N) is 3. The molecule has 1 aliphatic heterocycles. The van der Waals surface area contributed by atoms with Crippen LogP contribution in [0, 0.1) is 6.92 Å². The lowest BCUT2D eigenvalue weighted by Gasteiger charge is -2.20. The summed E-state index contributed by atoms with van der Waals surface area (Å²) in [5, 5.41) is 0.918. The van der Waals surface area contributed by atoms with E-state index in [0.717, 1.165) is 42.4 Å². The van der Waals surface area contributed by atoms with Gasteiger partial charge in [0.25, 0.3) is 0 Å². The number of pyridine rings is 1. The minimum atomic E-state index is -0.399. The molecule has 0 N–H and O–H groups in total. The van der Waals surface area contributed by atoms with Crippen molar-refractivity contribution < 1.29 is 13.9 Å². The third-order valence-corrected chi connectivity index (χ3v) is 5.58. The van der Waals surface area contributed by atoms with E-state index in [1.54, 1.807) is 0 Å². The molecule has 1 fully saturated rings. The maximum absolute atomic E-state index is 13.1. The molecule has 1 saturated heterocycles. The van der Waals surface area contributed by atoms with Gasteiger partial charge in [-0.05, 0) is 44.0 Å². The Morgan fingerprint density at radius 3 is 2.58 bits per heavy atom. The fourth-order valence-corrected chi connectivity index (χ4v) is 3.90. The summed E-state index contributed by atoms with van der Waals surface area (Å²) in [7, 11) is 0. The zero-order chi connectivity index (χ0) is 21.2. The van der Waals surface area contributed by atoms with Crippen LogP contribution in [0.5, 0.6) is 0 Å². The molecule has 0 atom stereocenters. The Kier molecular flexibility index (Phi) is 5.12. The van der Waals surface area contributed by atoms with E-state index >= 15 is 0 Å². The van der Waals surface area contributed by atoms with Crippen LogP contribution in [-0.2, 0) is 11.3 Å². The Morgan fingerprint density at radius 1 is 1.03 bits per heavy atom. The molecular weight excluding hydrogens is 390 g/mol. The summed E-state index contributed by atoms with van der Waals surface area (Å²) in [5.74, 6) is 1.46. The largest absolute Gasteiger partial charge is 0.455 e. The maximum atomic E-state index is 13.1. The van der Waals surface area contributed by atoms with Gasteiger partial charge in [-0.2, -0.15) is 0 Å². The van der Waals surface area contributed by atoms with Crippen molar-refractivity contribution in [2.45, 2.75) is 26.4 Å². The number of carbonyl (C=O) groups excluding carboxylic acids is 1. The predicted octanol–water partition coefficient (Wildman–Crippen LogP) is 5.16. The second kappa shape index (κ2) is 8.22. The van der Waals surface area contributed by atoms with Crippen molar-refractivity contribution in [3.63, 3.8) is 0 Å². The zero-order valence-electron chi connectivity index (χ0n) is 17.4. The van der Waals surface area contributed by atoms with Gasteiger partial charge in [-0.1, -0.05) is 36.4 Å². The van der Waals surface area contributed by atoms with Gasteiger partial charge in [0, 0.05) is 24.0 Å². The Hall–Kier alpha value is -3.67. The molecule has 2 aromatic heterocycles. The number of aryl methyl sites for hydroxylation is 1. The van der Waals surface area contributed by atoms with Crippen molar-refractivity contribution in [2.24, 2.45) is 0 Å². The summed E-state index contributed by atoms with van der Waals surface area (Å²) in [6.45, 7) is 3.67. The van der Waals surface area contributed by atoms with Crippen LogP contribution in [0.1, 0.15) is 34.7 Å². The molecule has 3 heterocycles. The Balaban J connectivity index is 1.40. The highest BCUT2D eigenvalue weighted by Crippen LogP contribution is 2.28. The average Bonchev–Trinajstić information content (AvgIpc) is 3.47. The van der Waals surface area contributed by atoms with E-state index in [1.165, 1.54) is 0 Å². The first-order valence-electron chi connectivity index (χ1n) is 10.5. The number of oxazole rings is 1. The van der Waals surface area contributed by atoms with E-state index < -0.39 is 5.97 Å². The van der Waals surface area contributed by atoms with Crippen molar-refractivity contribution in [1.29, 1.82) is 0 Å². The molecule has 0 unspecified atom stereocenters. The smallest absolute Gasteiger partial charge is 0.342 e. The second-order valence-electron chi connectivity index (χ2n) is 7.71. The third kappa shape index (κ3) is 3.89. The van der Waals surface area contributed by atoms with Crippen LogP contribution in [0.15, 0.2) is 65.1 Å².